The number of ether oxygens (including phenoxy) is 2. The van der Waals surface area contributed by atoms with Gasteiger partial charge in [-0.1, -0.05) is 24.3 Å². The molecule has 0 aliphatic rings. The molecule has 2 aromatic rings. The van der Waals surface area contributed by atoms with Crippen LogP contribution < -0.4 is 9.47 Å². The average Bonchev–Trinajstić information content (AvgIpc) is 2.69. The molecule has 0 aliphatic heterocycles. The fourth-order valence-electron chi connectivity index (χ4n) is 2.41. The van der Waals surface area contributed by atoms with Gasteiger partial charge in [0.05, 0.1) is 13.2 Å². The summed E-state index contributed by atoms with van der Waals surface area (Å²) in [5.74, 6) is 0.122. The van der Waals surface area contributed by atoms with E-state index in [0.29, 0.717) is 35.8 Å². The number of ketones is 1. The van der Waals surface area contributed by atoms with Crippen LogP contribution in [0.5, 0.6) is 23.0 Å². The number of phenolic OH excluding ortho intramolecular Hbond substituents is 2. The molecule has 0 atom stereocenters. The number of carbonyl (C=O) groups excluding carboxylic acids is 1. The molecule has 0 aromatic heterocycles. The summed E-state index contributed by atoms with van der Waals surface area (Å²) in [7, 11) is 0. The number of aromatic hydroxyl groups is 2. The van der Waals surface area contributed by atoms with E-state index in [9.17, 15) is 20.1 Å². The quantitative estimate of drug-likeness (QED) is 0.325. The molecule has 0 spiro atoms. The number of allylic oxidation sites excluding steroid dienone is 3. The molecule has 2 rings (SSSR count). The molecule has 152 valence electrons. The number of aliphatic hydroxyl groups is 1. The van der Waals surface area contributed by atoms with Crippen molar-refractivity contribution in [3.63, 3.8) is 0 Å². The highest BCUT2D eigenvalue weighted by Gasteiger charge is 2.03. The molecule has 0 fully saturated rings. The maximum Gasteiger partial charge on any atom is 0.182 e. The number of benzene rings is 2. The number of hydrogen-bond acceptors (Lipinski definition) is 6. The minimum absolute atomic E-state index is 0.0275. The van der Waals surface area contributed by atoms with Gasteiger partial charge in [0.25, 0.3) is 0 Å². The summed E-state index contributed by atoms with van der Waals surface area (Å²) in [6.45, 7) is 4.45. The third-order valence-electron chi connectivity index (χ3n) is 3.74. The predicted molar refractivity (Wildman–Crippen MR) is 112 cm³/mol. The van der Waals surface area contributed by atoms with E-state index in [-0.39, 0.29) is 17.3 Å². The second kappa shape index (κ2) is 10.6. The Bertz CT molecular complexity index is 940. The Labute approximate surface area is 169 Å². The van der Waals surface area contributed by atoms with Crippen LogP contribution in [0.2, 0.25) is 0 Å². The molecule has 0 amide bonds. The Morgan fingerprint density at radius 2 is 1.34 bits per heavy atom. The van der Waals surface area contributed by atoms with Crippen LogP contribution >= 0.6 is 0 Å². The van der Waals surface area contributed by atoms with E-state index in [4.69, 9.17) is 9.47 Å². The van der Waals surface area contributed by atoms with Crippen LogP contribution in [-0.4, -0.2) is 34.3 Å². The van der Waals surface area contributed by atoms with Gasteiger partial charge in [0, 0.05) is 6.08 Å². The van der Waals surface area contributed by atoms with Crippen molar-refractivity contribution < 1.29 is 29.6 Å². The molecule has 0 unspecified atom stereocenters. The summed E-state index contributed by atoms with van der Waals surface area (Å²) in [5.41, 5.74) is 1.37. The lowest BCUT2D eigenvalue weighted by atomic mass is 10.1. The average molecular weight is 396 g/mol. The lowest BCUT2D eigenvalue weighted by molar-refractivity contribution is -0.110. The van der Waals surface area contributed by atoms with Gasteiger partial charge in [0.15, 0.2) is 28.8 Å². The van der Waals surface area contributed by atoms with Crippen molar-refractivity contribution in [1.29, 1.82) is 0 Å². The van der Waals surface area contributed by atoms with E-state index in [2.05, 4.69) is 0 Å². The molecule has 2 aromatic carbocycles. The van der Waals surface area contributed by atoms with E-state index < -0.39 is 5.78 Å². The first-order valence-corrected chi connectivity index (χ1v) is 9.15. The summed E-state index contributed by atoms with van der Waals surface area (Å²) in [5, 5.41) is 29.3. The van der Waals surface area contributed by atoms with Crippen molar-refractivity contribution >= 4 is 17.9 Å². The van der Waals surface area contributed by atoms with Gasteiger partial charge in [-0.15, -0.1) is 0 Å². The molecule has 0 radical (unpaired) electrons. The van der Waals surface area contributed by atoms with Crippen LogP contribution in [0.25, 0.3) is 12.2 Å². The lowest BCUT2D eigenvalue weighted by Gasteiger charge is -2.06. The Balaban J connectivity index is 2.05. The first kappa shape index (κ1) is 21.6. The van der Waals surface area contributed by atoms with Crippen molar-refractivity contribution in [1.82, 2.24) is 0 Å². The minimum atomic E-state index is -0.404. The number of phenols is 2. The second-order valence-corrected chi connectivity index (χ2v) is 5.96. The predicted octanol–water partition coefficient (Wildman–Crippen LogP) is 4.63. The molecule has 29 heavy (non-hydrogen) atoms. The summed E-state index contributed by atoms with van der Waals surface area (Å²) < 4.78 is 10.6. The van der Waals surface area contributed by atoms with Crippen molar-refractivity contribution in [3.8, 4) is 23.0 Å². The fraction of sp³-hybridized carbons (Fsp3) is 0.174. The van der Waals surface area contributed by atoms with Crippen LogP contribution in [-0.2, 0) is 4.79 Å². The number of carbonyl (C=O) groups is 1. The van der Waals surface area contributed by atoms with Gasteiger partial charge >= 0.3 is 0 Å². The van der Waals surface area contributed by atoms with E-state index in [1.54, 1.807) is 36.4 Å². The molecule has 0 heterocycles. The maximum atomic E-state index is 12.0. The van der Waals surface area contributed by atoms with Gasteiger partial charge in [-0.3, -0.25) is 4.79 Å². The largest absolute Gasteiger partial charge is 0.508 e. The molecule has 0 saturated heterocycles. The highest BCUT2D eigenvalue weighted by molar-refractivity contribution is 6.02. The topological polar surface area (TPSA) is 96.2 Å². The minimum Gasteiger partial charge on any atom is -0.508 e. The van der Waals surface area contributed by atoms with Crippen LogP contribution in [0.15, 0.2) is 60.4 Å². The molecular formula is C23H24O6. The van der Waals surface area contributed by atoms with Crippen molar-refractivity contribution in [2.24, 2.45) is 0 Å². The lowest BCUT2D eigenvalue weighted by Crippen LogP contribution is -1.92. The van der Waals surface area contributed by atoms with Gasteiger partial charge in [-0.05, 0) is 61.4 Å². The third kappa shape index (κ3) is 6.77. The third-order valence-corrected chi connectivity index (χ3v) is 3.74. The summed E-state index contributed by atoms with van der Waals surface area (Å²) >= 11 is 0. The number of rotatable bonds is 9. The van der Waals surface area contributed by atoms with Crippen molar-refractivity contribution in [3.05, 3.63) is 71.5 Å². The smallest absolute Gasteiger partial charge is 0.182 e. The van der Waals surface area contributed by atoms with E-state index in [1.807, 2.05) is 13.8 Å². The molecule has 0 saturated carbocycles. The van der Waals surface area contributed by atoms with Gasteiger partial charge in [0.1, 0.15) is 5.76 Å². The van der Waals surface area contributed by atoms with Gasteiger partial charge < -0.3 is 24.8 Å². The second-order valence-electron chi connectivity index (χ2n) is 5.96. The molecule has 6 nitrogen and oxygen atoms in total. The molecule has 6 heteroatoms. The Kier molecular flexibility index (Phi) is 7.91. The molecule has 0 aliphatic carbocycles. The van der Waals surface area contributed by atoms with E-state index in [0.717, 1.165) is 6.08 Å². The molecule has 3 N–H and O–H groups in total. The van der Waals surface area contributed by atoms with Gasteiger partial charge in [0.2, 0.25) is 0 Å². The van der Waals surface area contributed by atoms with Gasteiger partial charge in [-0.2, -0.15) is 0 Å². The highest BCUT2D eigenvalue weighted by atomic mass is 16.5. The monoisotopic (exact) mass is 396 g/mol. The van der Waals surface area contributed by atoms with Crippen LogP contribution in [0, 0.1) is 0 Å². The number of aliphatic hydroxyl groups excluding tert-OH is 1. The fourth-order valence-corrected chi connectivity index (χ4v) is 2.41. The molecular weight excluding hydrogens is 372 g/mol. The number of hydrogen-bond donors (Lipinski definition) is 3. The van der Waals surface area contributed by atoms with Crippen LogP contribution in [0.4, 0.5) is 0 Å². The van der Waals surface area contributed by atoms with Crippen molar-refractivity contribution in [2.45, 2.75) is 13.8 Å². The Morgan fingerprint density at radius 1 is 0.862 bits per heavy atom. The van der Waals surface area contributed by atoms with E-state index in [1.165, 1.54) is 24.3 Å². The normalized spacial score (nSPS) is 11.9. The highest BCUT2D eigenvalue weighted by Crippen LogP contribution is 2.28. The summed E-state index contributed by atoms with van der Waals surface area (Å²) in [6.07, 6.45) is 6.92. The van der Waals surface area contributed by atoms with Crippen molar-refractivity contribution in [2.75, 3.05) is 13.2 Å². The first-order valence-electron chi connectivity index (χ1n) is 9.15. The zero-order chi connectivity index (χ0) is 21.2. The zero-order valence-corrected chi connectivity index (χ0v) is 16.3. The van der Waals surface area contributed by atoms with Crippen LogP contribution in [0.1, 0.15) is 25.0 Å². The first-order chi connectivity index (χ1) is 13.9. The van der Waals surface area contributed by atoms with Crippen LogP contribution in [0.3, 0.4) is 0 Å². The summed E-state index contributed by atoms with van der Waals surface area (Å²) in [6, 6.07) is 9.53. The molecule has 0 bridgehead atoms. The Hall–Kier alpha value is -3.67. The van der Waals surface area contributed by atoms with E-state index >= 15 is 0 Å². The standard InChI is InChI=1S/C23H24O6/c1-3-28-22-13-16(7-11-20(22)26)5-9-18(24)15-19(25)10-6-17-8-12-21(27)23(14-17)29-4-2/h5-15,24,26-27H,3-4H2,1-2H3/b9-5+,10-6+,18-15?. The summed E-state index contributed by atoms with van der Waals surface area (Å²) in [4.78, 5) is 12.0. The maximum absolute atomic E-state index is 12.0. The SMILES string of the molecule is CCOc1cc(/C=C/C(=O)C=C(O)/C=C/c2ccc(O)c(OCC)c2)ccc1O. The Morgan fingerprint density at radius 3 is 1.83 bits per heavy atom. The van der Waals surface area contributed by atoms with Gasteiger partial charge in [-0.25, -0.2) is 0 Å². The zero-order valence-electron chi connectivity index (χ0n) is 16.3.